The molecule has 6 heteroatoms. The molecule has 0 unspecified atom stereocenters. The maximum absolute atomic E-state index is 12.6. The van der Waals surface area contributed by atoms with Crippen LogP contribution >= 0.6 is 11.6 Å². The molecule has 26 heavy (non-hydrogen) atoms. The van der Waals surface area contributed by atoms with Crippen LogP contribution in [0.3, 0.4) is 0 Å². The lowest BCUT2D eigenvalue weighted by Gasteiger charge is -2.32. The summed E-state index contributed by atoms with van der Waals surface area (Å²) in [5.74, 6) is 1.75. The van der Waals surface area contributed by atoms with Gasteiger partial charge in [0.15, 0.2) is 0 Å². The van der Waals surface area contributed by atoms with Crippen LogP contribution in [0.1, 0.15) is 15.9 Å². The van der Waals surface area contributed by atoms with Crippen molar-refractivity contribution in [2.24, 2.45) is 0 Å². The van der Waals surface area contributed by atoms with E-state index in [2.05, 4.69) is 0 Å². The summed E-state index contributed by atoms with van der Waals surface area (Å²) in [4.78, 5) is 15.9. The fraction of sp³-hybridized carbons (Fsp3) is 0.350. The van der Waals surface area contributed by atoms with Gasteiger partial charge in [0.05, 0.1) is 46.0 Å². The SMILES string of the molecule is COc1ccc(OC)c(C[NH+]2CCN(C(=O)c3cccc(Cl)c3)CC2)c1. The van der Waals surface area contributed by atoms with Gasteiger partial charge in [0.1, 0.15) is 18.0 Å². The number of amides is 1. The molecule has 1 N–H and O–H groups in total. The zero-order chi connectivity index (χ0) is 18.5. The van der Waals surface area contributed by atoms with E-state index in [4.69, 9.17) is 21.1 Å². The van der Waals surface area contributed by atoms with E-state index in [1.54, 1.807) is 26.4 Å². The maximum atomic E-state index is 12.6. The van der Waals surface area contributed by atoms with Crippen molar-refractivity contribution in [3.63, 3.8) is 0 Å². The first-order valence-electron chi connectivity index (χ1n) is 8.70. The highest BCUT2D eigenvalue weighted by molar-refractivity contribution is 6.30. The number of benzene rings is 2. The third-order valence-electron chi connectivity index (χ3n) is 4.76. The second-order valence-electron chi connectivity index (χ2n) is 6.41. The van der Waals surface area contributed by atoms with Crippen LogP contribution in [0.2, 0.25) is 5.02 Å². The molecule has 2 aromatic carbocycles. The van der Waals surface area contributed by atoms with Crippen LogP contribution in [0.25, 0.3) is 0 Å². The molecular formula is C20H24ClN2O3+. The summed E-state index contributed by atoms with van der Waals surface area (Å²) in [6.07, 6.45) is 0. The molecular weight excluding hydrogens is 352 g/mol. The van der Waals surface area contributed by atoms with E-state index in [-0.39, 0.29) is 5.91 Å². The van der Waals surface area contributed by atoms with Crippen molar-refractivity contribution < 1.29 is 19.2 Å². The van der Waals surface area contributed by atoms with Gasteiger partial charge in [-0.2, -0.15) is 0 Å². The number of rotatable bonds is 5. The number of carbonyl (C=O) groups excluding carboxylic acids is 1. The molecule has 138 valence electrons. The third-order valence-corrected chi connectivity index (χ3v) is 4.99. The lowest BCUT2D eigenvalue weighted by atomic mass is 10.1. The molecule has 2 aromatic rings. The Morgan fingerprint density at radius 1 is 1.12 bits per heavy atom. The number of methoxy groups -OCH3 is 2. The number of piperazine rings is 1. The van der Waals surface area contributed by atoms with Crippen molar-refractivity contribution >= 4 is 17.5 Å². The Kier molecular flexibility index (Phi) is 6.01. The zero-order valence-corrected chi connectivity index (χ0v) is 15.9. The summed E-state index contributed by atoms with van der Waals surface area (Å²) in [7, 11) is 3.35. The van der Waals surface area contributed by atoms with Gasteiger partial charge in [0.25, 0.3) is 5.91 Å². The van der Waals surface area contributed by atoms with Gasteiger partial charge in [-0.25, -0.2) is 0 Å². The largest absolute Gasteiger partial charge is 0.497 e. The number of ether oxygens (including phenoxy) is 2. The van der Waals surface area contributed by atoms with Crippen molar-refractivity contribution in [1.29, 1.82) is 0 Å². The molecule has 1 aliphatic rings. The number of quaternary nitrogens is 1. The number of hydrogen-bond acceptors (Lipinski definition) is 3. The van der Waals surface area contributed by atoms with Gasteiger partial charge in [-0.3, -0.25) is 4.79 Å². The van der Waals surface area contributed by atoms with E-state index in [0.29, 0.717) is 10.6 Å². The van der Waals surface area contributed by atoms with Gasteiger partial charge in [-0.05, 0) is 36.4 Å². The lowest BCUT2D eigenvalue weighted by molar-refractivity contribution is -0.917. The van der Waals surface area contributed by atoms with Crippen molar-refractivity contribution in [1.82, 2.24) is 4.90 Å². The van der Waals surface area contributed by atoms with E-state index in [1.807, 2.05) is 35.2 Å². The normalized spacial score (nSPS) is 15.0. The monoisotopic (exact) mass is 375 g/mol. The van der Waals surface area contributed by atoms with Gasteiger partial charge in [-0.1, -0.05) is 17.7 Å². The average Bonchev–Trinajstić information content (AvgIpc) is 2.68. The van der Waals surface area contributed by atoms with Gasteiger partial charge < -0.3 is 19.3 Å². The van der Waals surface area contributed by atoms with Crippen molar-refractivity contribution in [2.45, 2.75) is 6.54 Å². The molecule has 1 saturated heterocycles. The Bertz CT molecular complexity index is 773. The molecule has 0 aliphatic carbocycles. The van der Waals surface area contributed by atoms with E-state index >= 15 is 0 Å². The fourth-order valence-electron chi connectivity index (χ4n) is 3.30. The van der Waals surface area contributed by atoms with Crippen molar-refractivity contribution in [3.8, 4) is 11.5 Å². The molecule has 0 saturated carbocycles. The quantitative estimate of drug-likeness (QED) is 0.868. The number of hydrogen-bond donors (Lipinski definition) is 1. The summed E-state index contributed by atoms with van der Waals surface area (Å²) in [5.41, 5.74) is 1.77. The zero-order valence-electron chi connectivity index (χ0n) is 15.1. The molecule has 0 bridgehead atoms. The van der Waals surface area contributed by atoms with E-state index in [9.17, 15) is 4.79 Å². The smallest absolute Gasteiger partial charge is 0.254 e. The van der Waals surface area contributed by atoms with Crippen LogP contribution in [0, 0.1) is 0 Å². The van der Waals surface area contributed by atoms with Gasteiger partial charge in [0.2, 0.25) is 0 Å². The minimum absolute atomic E-state index is 0.0468. The number of carbonyl (C=O) groups is 1. The highest BCUT2D eigenvalue weighted by atomic mass is 35.5. The highest BCUT2D eigenvalue weighted by Crippen LogP contribution is 2.23. The first kappa shape index (κ1) is 18.5. The summed E-state index contributed by atoms with van der Waals surface area (Å²) in [6.45, 7) is 4.10. The Morgan fingerprint density at radius 3 is 2.54 bits per heavy atom. The van der Waals surface area contributed by atoms with E-state index < -0.39 is 0 Å². The maximum Gasteiger partial charge on any atom is 0.254 e. The predicted octanol–water partition coefficient (Wildman–Crippen LogP) is 1.90. The molecule has 0 radical (unpaired) electrons. The number of halogens is 1. The fourth-order valence-corrected chi connectivity index (χ4v) is 3.49. The van der Waals surface area contributed by atoms with Gasteiger partial charge in [-0.15, -0.1) is 0 Å². The molecule has 1 amide bonds. The minimum Gasteiger partial charge on any atom is -0.497 e. The standard InChI is InChI=1S/C20H23ClN2O3/c1-25-18-6-7-19(26-2)16(13-18)14-22-8-10-23(11-9-22)20(24)15-4-3-5-17(21)12-15/h3-7,12-13H,8-11,14H2,1-2H3/p+1. The van der Waals surface area contributed by atoms with Crippen molar-refractivity contribution in [3.05, 3.63) is 58.6 Å². The molecule has 0 atom stereocenters. The summed E-state index contributed by atoms with van der Waals surface area (Å²) >= 11 is 6.00. The second kappa shape index (κ2) is 8.43. The van der Waals surface area contributed by atoms with Crippen LogP contribution in [0.4, 0.5) is 0 Å². The van der Waals surface area contributed by atoms with E-state index in [1.165, 1.54) is 4.90 Å². The Labute approximate surface area is 159 Å². The van der Waals surface area contributed by atoms with Crippen LogP contribution < -0.4 is 14.4 Å². The predicted molar refractivity (Wildman–Crippen MR) is 101 cm³/mol. The van der Waals surface area contributed by atoms with Crippen LogP contribution in [0.5, 0.6) is 11.5 Å². The minimum atomic E-state index is 0.0468. The van der Waals surface area contributed by atoms with Crippen LogP contribution in [0.15, 0.2) is 42.5 Å². The lowest BCUT2D eigenvalue weighted by Crippen LogP contribution is -3.13. The highest BCUT2D eigenvalue weighted by Gasteiger charge is 2.25. The average molecular weight is 376 g/mol. The van der Waals surface area contributed by atoms with Crippen LogP contribution in [-0.2, 0) is 6.54 Å². The Balaban J connectivity index is 1.61. The molecule has 0 spiro atoms. The first-order valence-corrected chi connectivity index (χ1v) is 9.08. The van der Waals surface area contributed by atoms with Crippen LogP contribution in [-0.4, -0.2) is 51.2 Å². The summed E-state index contributed by atoms with van der Waals surface area (Å²) < 4.78 is 10.8. The second-order valence-corrected chi connectivity index (χ2v) is 6.84. The molecule has 1 aliphatic heterocycles. The van der Waals surface area contributed by atoms with E-state index in [0.717, 1.165) is 49.8 Å². The number of nitrogens with one attached hydrogen (secondary N) is 1. The summed E-state index contributed by atoms with van der Waals surface area (Å²) in [5, 5.41) is 0.588. The van der Waals surface area contributed by atoms with Crippen molar-refractivity contribution in [2.75, 3.05) is 40.4 Å². The molecule has 3 rings (SSSR count). The molecule has 5 nitrogen and oxygen atoms in total. The van der Waals surface area contributed by atoms with Gasteiger partial charge >= 0.3 is 0 Å². The molecule has 1 heterocycles. The topological polar surface area (TPSA) is 43.2 Å². The molecule has 1 fully saturated rings. The number of nitrogens with zero attached hydrogens (tertiary/aromatic N) is 1. The molecule has 0 aromatic heterocycles. The Morgan fingerprint density at radius 2 is 1.88 bits per heavy atom. The first-order chi connectivity index (χ1) is 12.6. The Hall–Kier alpha value is -2.24. The summed E-state index contributed by atoms with van der Waals surface area (Å²) in [6, 6.07) is 13.0. The van der Waals surface area contributed by atoms with Gasteiger partial charge in [0, 0.05) is 10.6 Å². The third kappa shape index (κ3) is 4.29.